The molecule has 4 aromatic rings. The molecule has 0 radical (unpaired) electrons. The molecule has 1 aromatic heterocycles. The molecule has 0 N–H and O–H groups in total. The summed E-state index contributed by atoms with van der Waals surface area (Å²) in [6.07, 6.45) is 0. The van der Waals surface area contributed by atoms with Crippen LogP contribution >= 0.6 is 27.7 Å². The molecule has 1 heterocycles. The van der Waals surface area contributed by atoms with E-state index in [-0.39, 0.29) is 11.6 Å². The van der Waals surface area contributed by atoms with Crippen LogP contribution in [0.15, 0.2) is 88.5 Å². The number of nitrogens with zero attached hydrogens (tertiary/aromatic N) is 3. The Bertz CT molecular complexity index is 1120. The summed E-state index contributed by atoms with van der Waals surface area (Å²) in [6, 6.07) is 24.6. The lowest BCUT2D eigenvalue weighted by Crippen LogP contribution is -2.06. The third-order valence-corrected chi connectivity index (χ3v) is 6.05. The molecule has 3 aromatic carbocycles. The van der Waals surface area contributed by atoms with Gasteiger partial charge in [0.15, 0.2) is 22.5 Å². The Morgan fingerprint density at radius 1 is 0.900 bits per heavy atom. The van der Waals surface area contributed by atoms with E-state index in [2.05, 4.69) is 42.8 Å². The highest BCUT2D eigenvalue weighted by Gasteiger charge is 2.16. The lowest BCUT2D eigenvalue weighted by Gasteiger charge is -2.12. The Kier molecular flexibility index (Phi) is 6.81. The molecule has 0 unspecified atom stereocenters. The molecule has 0 aliphatic heterocycles. The smallest absolute Gasteiger partial charge is 0.191 e. The minimum Gasteiger partial charge on any atom is -0.490 e. The van der Waals surface area contributed by atoms with Crippen LogP contribution in [0.5, 0.6) is 5.75 Å². The van der Waals surface area contributed by atoms with E-state index in [4.69, 9.17) is 4.74 Å². The van der Waals surface area contributed by atoms with Crippen LogP contribution in [0.2, 0.25) is 0 Å². The van der Waals surface area contributed by atoms with Crippen molar-refractivity contribution in [2.45, 2.75) is 11.7 Å². The fraction of sp³-hybridized carbons (Fsp3) is 0.130. The molecule has 4 rings (SSSR count). The van der Waals surface area contributed by atoms with E-state index in [9.17, 15) is 4.39 Å². The summed E-state index contributed by atoms with van der Waals surface area (Å²) in [6.45, 7) is 1.02. The van der Waals surface area contributed by atoms with Crippen molar-refractivity contribution in [2.75, 3.05) is 12.4 Å². The number of para-hydroxylation sites is 1. The maximum atomic E-state index is 13.7. The summed E-state index contributed by atoms with van der Waals surface area (Å²) in [5.41, 5.74) is 2.14. The molecule has 4 nitrogen and oxygen atoms in total. The number of thioether (sulfide) groups is 1. The standard InChI is InChI=1S/C23H19BrFN3OS/c24-19-11-5-4-10-18(19)22-26-27-23(28(22)16-17-8-2-1-3-9-17)30-15-14-29-21-13-7-6-12-20(21)25/h1-13H,14-16H2. The normalized spacial score (nSPS) is 10.9. The van der Waals surface area contributed by atoms with E-state index >= 15 is 0 Å². The zero-order valence-electron chi connectivity index (χ0n) is 16.0. The quantitative estimate of drug-likeness (QED) is 0.225. The summed E-state index contributed by atoms with van der Waals surface area (Å²) < 4.78 is 22.3. The van der Waals surface area contributed by atoms with Crippen molar-refractivity contribution in [3.05, 3.63) is 94.7 Å². The van der Waals surface area contributed by atoms with Gasteiger partial charge in [-0.15, -0.1) is 10.2 Å². The lowest BCUT2D eigenvalue weighted by atomic mass is 10.2. The molecule has 0 aliphatic rings. The van der Waals surface area contributed by atoms with Crippen LogP contribution in [-0.2, 0) is 6.54 Å². The van der Waals surface area contributed by atoms with Gasteiger partial charge in [-0.1, -0.05) is 88.4 Å². The SMILES string of the molecule is Fc1ccccc1OCCSc1nnc(-c2ccccc2Br)n1Cc1ccccc1. The van der Waals surface area contributed by atoms with Gasteiger partial charge in [-0.2, -0.15) is 0 Å². The van der Waals surface area contributed by atoms with Gasteiger partial charge in [0.25, 0.3) is 0 Å². The lowest BCUT2D eigenvalue weighted by molar-refractivity contribution is 0.325. The van der Waals surface area contributed by atoms with Gasteiger partial charge in [-0.3, -0.25) is 4.57 Å². The first kappa shape index (κ1) is 20.6. The predicted molar refractivity (Wildman–Crippen MR) is 121 cm³/mol. The Morgan fingerprint density at radius 2 is 1.63 bits per heavy atom. The van der Waals surface area contributed by atoms with Crippen LogP contribution in [0, 0.1) is 5.82 Å². The van der Waals surface area contributed by atoms with Crippen molar-refractivity contribution in [2.24, 2.45) is 0 Å². The van der Waals surface area contributed by atoms with Crippen molar-refractivity contribution in [1.82, 2.24) is 14.8 Å². The van der Waals surface area contributed by atoms with Crippen molar-refractivity contribution in [1.29, 1.82) is 0 Å². The minimum atomic E-state index is -0.356. The van der Waals surface area contributed by atoms with Gasteiger partial charge in [-0.05, 0) is 23.8 Å². The molecule has 0 aliphatic carbocycles. The highest BCUT2D eigenvalue weighted by molar-refractivity contribution is 9.10. The van der Waals surface area contributed by atoms with Crippen molar-refractivity contribution < 1.29 is 9.13 Å². The minimum absolute atomic E-state index is 0.262. The molecule has 0 spiro atoms. The zero-order chi connectivity index (χ0) is 20.8. The van der Waals surface area contributed by atoms with Gasteiger partial charge in [0, 0.05) is 15.8 Å². The maximum Gasteiger partial charge on any atom is 0.191 e. The topological polar surface area (TPSA) is 39.9 Å². The Labute approximate surface area is 187 Å². The number of ether oxygens (including phenoxy) is 1. The fourth-order valence-corrected chi connectivity index (χ4v) is 4.21. The second kappa shape index (κ2) is 9.91. The van der Waals surface area contributed by atoms with Crippen LogP contribution in [0.4, 0.5) is 4.39 Å². The summed E-state index contributed by atoms with van der Waals surface area (Å²) in [7, 11) is 0. The molecular formula is C23H19BrFN3OS. The average Bonchev–Trinajstić information content (AvgIpc) is 3.15. The molecule has 0 saturated carbocycles. The number of hydrogen-bond donors (Lipinski definition) is 0. The zero-order valence-corrected chi connectivity index (χ0v) is 18.4. The first-order valence-electron chi connectivity index (χ1n) is 9.44. The van der Waals surface area contributed by atoms with Gasteiger partial charge in [-0.25, -0.2) is 4.39 Å². The molecule has 0 atom stereocenters. The number of rotatable bonds is 8. The molecule has 0 amide bonds. The van der Waals surface area contributed by atoms with E-state index in [1.165, 1.54) is 17.8 Å². The van der Waals surface area contributed by atoms with Crippen molar-refractivity contribution in [3.8, 4) is 17.1 Å². The number of benzene rings is 3. The molecular weight excluding hydrogens is 465 g/mol. The Hall–Kier alpha value is -2.64. The van der Waals surface area contributed by atoms with Crippen LogP contribution in [0.25, 0.3) is 11.4 Å². The molecule has 30 heavy (non-hydrogen) atoms. The third kappa shape index (κ3) is 4.91. The molecule has 7 heteroatoms. The van der Waals surface area contributed by atoms with Crippen molar-refractivity contribution >= 4 is 27.7 Å². The summed E-state index contributed by atoms with van der Waals surface area (Å²) in [4.78, 5) is 0. The van der Waals surface area contributed by atoms with E-state index in [0.29, 0.717) is 18.9 Å². The first-order valence-corrected chi connectivity index (χ1v) is 11.2. The van der Waals surface area contributed by atoms with Crippen LogP contribution in [-0.4, -0.2) is 27.1 Å². The van der Waals surface area contributed by atoms with Crippen LogP contribution in [0.1, 0.15) is 5.56 Å². The highest BCUT2D eigenvalue weighted by atomic mass is 79.9. The molecule has 0 bridgehead atoms. The van der Waals surface area contributed by atoms with E-state index in [0.717, 1.165) is 26.6 Å². The van der Waals surface area contributed by atoms with Crippen LogP contribution in [0.3, 0.4) is 0 Å². The second-order valence-electron chi connectivity index (χ2n) is 6.49. The summed E-state index contributed by atoms with van der Waals surface area (Å²) in [5.74, 6) is 1.32. The van der Waals surface area contributed by atoms with Gasteiger partial charge >= 0.3 is 0 Å². The predicted octanol–water partition coefficient (Wildman–Crippen LogP) is 6.07. The number of hydrogen-bond acceptors (Lipinski definition) is 4. The molecule has 0 saturated heterocycles. The summed E-state index contributed by atoms with van der Waals surface area (Å²) >= 11 is 5.15. The third-order valence-electron chi connectivity index (χ3n) is 4.42. The van der Waals surface area contributed by atoms with E-state index in [1.807, 2.05) is 42.5 Å². The highest BCUT2D eigenvalue weighted by Crippen LogP contribution is 2.30. The number of aromatic nitrogens is 3. The number of halogens is 2. The molecule has 152 valence electrons. The van der Waals surface area contributed by atoms with E-state index in [1.54, 1.807) is 18.2 Å². The fourth-order valence-electron chi connectivity index (χ4n) is 2.99. The maximum absolute atomic E-state index is 13.7. The Balaban J connectivity index is 1.53. The van der Waals surface area contributed by atoms with Gasteiger partial charge in [0.2, 0.25) is 0 Å². The molecule has 0 fully saturated rings. The van der Waals surface area contributed by atoms with E-state index < -0.39 is 0 Å². The monoisotopic (exact) mass is 483 g/mol. The Morgan fingerprint density at radius 3 is 2.43 bits per heavy atom. The first-order chi connectivity index (χ1) is 14.7. The van der Waals surface area contributed by atoms with Gasteiger partial charge in [0.1, 0.15) is 0 Å². The average molecular weight is 484 g/mol. The van der Waals surface area contributed by atoms with Gasteiger partial charge in [0.05, 0.1) is 13.2 Å². The second-order valence-corrected chi connectivity index (χ2v) is 8.40. The van der Waals surface area contributed by atoms with Crippen molar-refractivity contribution in [3.63, 3.8) is 0 Å². The van der Waals surface area contributed by atoms with Gasteiger partial charge < -0.3 is 4.74 Å². The summed E-state index contributed by atoms with van der Waals surface area (Å²) in [5, 5.41) is 9.67. The largest absolute Gasteiger partial charge is 0.490 e. The van der Waals surface area contributed by atoms with Crippen LogP contribution < -0.4 is 4.74 Å².